The van der Waals surface area contributed by atoms with Gasteiger partial charge < -0.3 is 19.8 Å². The number of aliphatic carboxylic acids is 1. The number of likely N-dealkylation sites (tertiary alicyclic amines) is 1. The standard InChI is InChI=1S/C65H130N4O3/c1-6-11-16-21-26-27-28-29-30-34-38-41-51-66(55-45-47-63(65(71)72)46-40-35-25-20-15-10-5)56-48-62-49-57-69(58-50-62)64(70)61-68(54-44-39-33-24-19-14-9-4)60-59-67(52-42-36-31-22-17-12-7-2)53-43-37-32-23-18-13-8-3/h62-63H,6-61H2,1-5H3,(H,71,72). The topological polar surface area (TPSA) is 67.3 Å². The Kier molecular flexibility index (Phi) is 50.9. The van der Waals surface area contributed by atoms with Gasteiger partial charge in [0.2, 0.25) is 5.91 Å². The van der Waals surface area contributed by atoms with Crippen LogP contribution in [0.25, 0.3) is 0 Å². The van der Waals surface area contributed by atoms with Gasteiger partial charge in [-0.15, -0.1) is 0 Å². The Bertz CT molecular complexity index is 1110. The van der Waals surface area contributed by atoms with Crippen LogP contribution in [0.1, 0.15) is 324 Å². The second kappa shape index (κ2) is 53.2. The van der Waals surface area contributed by atoms with Gasteiger partial charge in [0.1, 0.15) is 0 Å². The molecule has 0 aliphatic carbocycles. The smallest absolute Gasteiger partial charge is 0.306 e. The second-order valence-electron chi connectivity index (χ2n) is 23.6. The molecular weight excluding hydrogens is 885 g/mol. The average Bonchev–Trinajstić information content (AvgIpc) is 3.38. The van der Waals surface area contributed by atoms with E-state index in [1.807, 2.05) is 0 Å². The van der Waals surface area contributed by atoms with Crippen molar-refractivity contribution in [2.75, 3.05) is 72.0 Å². The second-order valence-corrected chi connectivity index (χ2v) is 23.6. The van der Waals surface area contributed by atoms with Crippen LogP contribution in [0, 0.1) is 11.8 Å². The van der Waals surface area contributed by atoms with E-state index in [0.29, 0.717) is 18.4 Å². The van der Waals surface area contributed by atoms with E-state index in [9.17, 15) is 14.7 Å². The number of amides is 1. The minimum atomic E-state index is -0.585. The van der Waals surface area contributed by atoms with Crippen molar-refractivity contribution in [2.24, 2.45) is 11.8 Å². The van der Waals surface area contributed by atoms with Crippen LogP contribution in [-0.2, 0) is 9.59 Å². The van der Waals surface area contributed by atoms with Crippen molar-refractivity contribution in [3.05, 3.63) is 0 Å². The highest BCUT2D eigenvalue weighted by Crippen LogP contribution is 2.24. The summed E-state index contributed by atoms with van der Waals surface area (Å²) >= 11 is 0. The molecule has 1 saturated heterocycles. The maximum Gasteiger partial charge on any atom is 0.306 e. The molecule has 1 aliphatic rings. The lowest BCUT2D eigenvalue weighted by molar-refractivity contribution is -0.142. The summed E-state index contributed by atoms with van der Waals surface area (Å²) in [5, 5.41) is 10.1. The Morgan fingerprint density at radius 1 is 0.375 bits per heavy atom. The molecule has 0 aromatic heterocycles. The molecule has 1 N–H and O–H groups in total. The maximum atomic E-state index is 14.1. The lowest BCUT2D eigenvalue weighted by Gasteiger charge is -2.35. The molecule has 0 bridgehead atoms. The van der Waals surface area contributed by atoms with E-state index >= 15 is 0 Å². The van der Waals surface area contributed by atoms with Crippen molar-refractivity contribution >= 4 is 11.9 Å². The monoisotopic (exact) mass is 1020 g/mol. The number of piperidine rings is 1. The molecule has 1 atom stereocenters. The quantitative estimate of drug-likeness (QED) is 0.0613. The third-order valence-electron chi connectivity index (χ3n) is 16.8. The molecule has 1 heterocycles. The first-order valence-electron chi connectivity index (χ1n) is 33.1. The van der Waals surface area contributed by atoms with Crippen molar-refractivity contribution in [2.45, 2.75) is 324 Å². The molecule has 0 radical (unpaired) electrons. The van der Waals surface area contributed by atoms with Crippen molar-refractivity contribution in [1.82, 2.24) is 19.6 Å². The SMILES string of the molecule is CCCCCCCCCCCCCCN(CCCC(CCCCCCCC)C(=O)O)CCC1CCN(C(=O)CN(CCCCCCCCC)CCN(CCCCCCCCC)CCCCCCCCC)CC1. The lowest BCUT2D eigenvalue weighted by atomic mass is 9.93. The number of carboxylic acids is 1. The molecule has 0 aromatic rings. The lowest BCUT2D eigenvalue weighted by Crippen LogP contribution is -2.46. The molecule has 72 heavy (non-hydrogen) atoms. The third-order valence-corrected chi connectivity index (χ3v) is 16.8. The number of hydrogen-bond donors (Lipinski definition) is 1. The average molecular weight is 1020 g/mol. The Morgan fingerprint density at radius 3 is 1.04 bits per heavy atom. The van der Waals surface area contributed by atoms with E-state index in [1.165, 1.54) is 264 Å². The molecule has 0 spiro atoms. The Balaban J connectivity index is 2.80. The first-order valence-corrected chi connectivity index (χ1v) is 33.1. The van der Waals surface area contributed by atoms with Crippen LogP contribution in [-0.4, -0.2) is 109 Å². The largest absolute Gasteiger partial charge is 0.481 e. The summed E-state index contributed by atoms with van der Waals surface area (Å²) in [6.07, 6.45) is 58.2. The van der Waals surface area contributed by atoms with E-state index in [-0.39, 0.29) is 5.92 Å². The van der Waals surface area contributed by atoms with Gasteiger partial charge in [0.25, 0.3) is 0 Å². The van der Waals surface area contributed by atoms with Crippen molar-refractivity contribution in [1.29, 1.82) is 0 Å². The molecule has 1 amide bonds. The predicted molar refractivity (Wildman–Crippen MR) is 317 cm³/mol. The normalized spacial score (nSPS) is 13.9. The number of carbonyl (C=O) groups excluding carboxylic acids is 1. The third kappa shape index (κ3) is 43.0. The Labute approximate surface area is 451 Å². The van der Waals surface area contributed by atoms with Gasteiger partial charge in [-0.1, -0.05) is 259 Å². The van der Waals surface area contributed by atoms with Gasteiger partial charge in [0.05, 0.1) is 12.5 Å². The minimum Gasteiger partial charge on any atom is -0.481 e. The highest BCUT2D eigenvalue weighted by atomic mass is 16.4. The number of carbonyl (C=O) groups is 2. The zero-order chi connectivity index (χ0) is 52.2. The Hall–Kier alpha value is -1.18. The number of nitrogens with zero attached hydrogens (tertiary/aromatic N) is 4. The van der Waals surface area contributed by atoms with Gasteiger partial charge >= 0.3 is 5.97 Å². The van der Waals surface area contributed by atoms with Crippen LogP contribution >= 0.6 is 0 Å². The highest BCUT2D eigenvalue weighted by Gasteiger charge is 2.25. The van der Waals surface area contributed by atoms with E-state index in [4.69, 9.17) is 0 Å². The fraction of sp³-hybridized carbons (Fsp3) is 0.969. The first kappa shape index (κ1) is 68.8. The van der Waals surface area contributed by atoms with Gasteiger partial charge in [-0.3, -0.25) is 14.5 Å². The van der Waals surface area contributed by atoms with Crippen LogP contribution in [0.3, 0.4) is 0 Å². The summed E-state index contributed by atoms with van der Waals surface area (Å²) in [5.74, 6) is 0.262. The van der Waals surface area contributed by atoms with Gasteiger partial charge in [-0.2, -0.15) is 0 Å². The number of hydrogen-bond acceptors (Lipinski definition) is 5. The highest BCUT2D eigenvalue weighted by molar-refractivity contribution is 5.78. The van der Waals surface area contributed by atoms with E-state index < -0.39 is 5.97 Å². The molecule has 7 nitrogen and oxygen atoms in total. The minimum absolute atomic E-state index is 0.193. The summed E-state index contributed by atoms with van der Waals surface area (Å²) < 4.78 is 0. The molecule has 7 heteroatoms. The zero-order valence-corrected chi connectivity index (χ0v) is 49.8. The summed E-state index contributed by atoms with van der Waals surface area (Å²) in [5.41, 5.74) is 0. The van der Waals surface area contributed by atoms with Crippen LogP contribution in [0.5, 0.6) is 0 Å². The van der Waals surface area contributed by atoms with Crippen LogP contribution in [0.15, 0.2) is 0 Å². The molecule has 0 aromatic carbocycles. The van der Waals surface area contributed by atoms with E-state index in [0.717, 1.165) is 90.9 Å². The predicted octanol–water partition coefficient (Wildman–Crippen LogP) is 18.7. The number of unbranched alkanes of at least 4 members (excludes halogenated alkanes) is 34. The molecule has 1 unspecified atom stereocenters. The molecular formula is C65H130N4O3. The number of carboxylic acid groups (broad SMARTS) is 1. The zero-order valence-electron chi connectivity index (χ0n) is 49.8. The van der Waals surface area contributed by atoms with E-state index in [2.05, 4.69) is 54.2 Å². The summed E-state index contributed by atoms with van der Waals surface area (Å²) in [6.45, 7) is 22.8. The van der Waals surface area contributed by atoms with E-state index in [1.54, 1.807) is 0 Å². The van der Waals surface area contributed by atoms with Gasteiger partial charge in [0.15, 0.2) is 0 Å². The fourth-order valence-corrected chi connectivity index (χ4v) is 11.5. The molecule has 0 saturated carbocycles. The molecule has 1 aliphatic heterocycles. The van der Waals surface area contributed by atoms with Gasteiger partial charge in [-0.05, 0) is 109 Å². The van der Waals surface area contributed by atoms with Crippen molar-refractivity contribution in [3.63, 3.8) is 0 Å². The fourth-order valence-electron chi connectivity index (χ4n) is 11.5. The number of rotatable bonds is 57. The molecule has 1 rings (SSSR count). The van der Waals surface area contributed by atoms with Crippen molar-refractivity contribution < 1.29 is 14.7 Å². The molecule has 1 fully saturated rings. The summed E-state index contributed by atoms with van der Waals surface area (Å²) in [6, 6.07) is 0. The van der Waals surface area contributed by atoms with Gasteiger partial charge in [0, 0.05) is 26.2 Å². The van der Waals surface area contributed by atoms with Gasteiger partial charge in [-0.25, -0.2) is 0 Å². The maximum absolute atomic E-state index is 14.1. The van der Waals surface area contributed by atoms with Crippen LogP contribution in [0.2, 0.25) is 0 Å². The summed E-state index contributed by atoms with van der Waals surface area (Å²) in [4.78, 5) is 36.6. The Morgan fingerprint density at radius 2 is 0.667 bits per heavy atom. The van der Waals surface area contributed by atoms with Crippen molar-refractivity contribution in [3.8, 4) is 0 Å². The van der Waals surface area contributed by atoms with Crippen LogP contribution < -0.4 is 0 Å². The van der Waals surface area contributed by atoms with Crippen LogP contribution in [0.4, 0.5) is 0 Å². The first-order chi connectivity index (χ1) is 35.4. The molecule has 428 valence electrons. The summed E-state index contributed by atoms with van der Waals surface area (Å²) in [7, 11) is 0.